The van der Waals surface area contributed by atoms with E-state index in [0.717, 1.165) is 18.9 Å². The van der Waals surface area contributed by atoms with Gasteiger partial charge in [0.25, 0.3) is 5.91 Å². The number of carbonyl (C=O) groups is 2. The molecule has 0 bridgehead atoms. The third-order valence-electron chi connectivity index (χ3n) is 3.50. The minimum atomic E-state index is -1.19. The van der Waals surface area contributed by atoms with Crippen molar-refractivity contribution in [3.63, 3.8) is 0 Å². The predicted octanol–water partition coefficient (Wildman–Crippen LogP) is 1.63. The molecule has 1 aromatic carbocycles. The van der Waals surface area contributed by atoms with E-state index in [4.69, 9.17) is 0 Å². The number of benzene rings is 1. The topological polar surface area (TPSA) is 99.3 Å². The Labute approximate surface area is 125 Å². The molecule has 1 heterocycles. The largest absolute Gasteiger partial charge is 0.478 e. The van der Waals surface area contributed by atoms with Crippen LogP contribution in [0, 0.1) is 0 Å². The van der Waals surface area contributed by atoms with E-state index in [-0.39, 0.29) is 17.5 Å². The van der Waals surface area contributed by atoms with Crippen LogP contribution in [0.4, 0.5) is 0 Å². The van der Waals surface area contributed by atoms with Gasteiger partial charge in [-0.3, -0.25) is 9.59 Å². The molecule has 6 nitrogen and oxygen atoms in total. The minimum absolute atomic E-state index is 0.0940. The molecule has 3 rings (SSSR count). The summed E-state index contributed by atoms with van der Waals surface area (Å²) in [6.45, 7) is 0. The van der Waals surface area contributed by atoms with Crippen LogP contribution in [0.5, 0.6) is 0 Å². The molecule has 0 saturated heterocycles. The summed E-state index contributed by atoms with van der Waals surface area (Å²) in [5.74, 6) is -1.36. The van der Waals surface area contributed by atoms with Gasteiger partial charge in [0.1, 0.15) is 0 Å². The van der Waals surface area contributed by atoms with Gasteiger partial charge in [-0.05, 0) is 30.5 Å². The number of carboxylic acid groups (broad SMARTS) is 1. The normalized spacial score (nSPS) is 13.6. The highest BCUT2D eigenvalue weighted by Gasteiger charge is 2.24. The van der Waals surface area contributed by atoms with Gasteiger partial charge in [-0.15, -0.1) is 0 Å². The second-order valence-corrected chi connectivity index (χ2v) is 5.26. The second kappa shape index (κ2) is 5.48. The Morgan fingerprint density at radius 3 is 2.68 bits per heavy atom. The number of rotatable bonds is 4. The fourth-order valence-corrected chi connectivity index (χ4v) is 2.21. The smallest absolute Gasteiger partial charge is 0.336 e. The predicted molar refractivity (Wildman–Crippen MR) is 79.9 cm³/mol. The van der Waals surface area contributed by atoms with Crippen LogP contribution in [0.25, 0.3) is 11.1 Å². The van der Waals surface area contributed by atoms with Crippen molar-refractivity contribution in [1.29, 1.82) is 0 Å². The molecule has 6 heteroatoms. The molecule has 0 spiro atoms. The van der Waals surface area contributed by atoms with Crippen LogP contribution < -0.4 is 10.9 Å². The van der Waals surface area contributed by atoms with E-state index in [1.807, 2.05) is 0 Å². The monoisotopic (exact) mass is 298 g/mol. The molecule has 22 heavy (non-hydrogen) atoms. The van der Waals surface area contributed by atoms with Crippen LogP contribution in [-0.2, 0) is 0 Å². The molecular formula is C16H14N2O4. The van der Waals surface area contributed by atoms with Crippen LogP contribution in [-0.4, -0.2) is 28.0 Å². The number of hydrogen-bond acceptors (Lipinski definition) is 3. The highest BCUT2D eigenvalue weighted by atomic mass is 16.4. The van der Waals surface area contributed by atoms with Gasteiger partial charge in [-0.25, -0.2) is 4.79 Å². The summed E-state index contributed by atoms with van der Waals surface area (Å²) in [5.41, 5.74) is 0.824. The van der Waals surface area contributed by atoms with Crippen LogP contribution in [0.1, 0.15) is 33.6 Å². The van der Waals surface area contributed by atoms with Gasteiger partial charge in [0.2, 0.25) is 5.56 Å². The van der Waals surface area contributed by atoms with E-state index in [2.05, 4.69) is 10.3 Å². The first-order chi connectivity index (χ1) is 10.5. The number of carbonyl (C=O) groups excluding carboxylic acids is 1. The first-order valence-corrected chi connectivity index (χ1v) is 6.92. The number of aromatic nitrogens is 1. The Bertz CT molecular complexity index is 806. The average molecular weight is 298 g/mol. The number of H-pyrrole nitrogens is 1. The Morgan fingerprint density at radius 2 is 2.00 bits per heavy atom. The van der Waals surface area contributed by atoms with Gasteiger partial charge in [0.05, 0.1) is 5.56 Å². The van der Waals surface area contributed by atoms with Gasteiger partial charge in [-0.1, -0.05) is 12.1 Å². The summed E-state index contributed by atoms with van der Waals surface area (Å²) in [4.78, 5) is 37.1. The van der Waals surface area contributed by atoms with Crippen molar-refractivity contribution in [1.82, 2.24) is 10.3 Å². The zero-order chi connectivity index (χ0) is 15.7. The van der Waals surface area contributed by atoms with E-state index in [1.54, 1.807) is 24.3 Å². The standard InChI is InChI=1S/C16H14N2O4/c19-14-7-12(16(21)22)13(8-17-14)9-2-1-3-10(6-9)15(20)18-11-4-5-11/h1-3,6-8,11H,4-5H2,(H,17,19)(H,18,20)(H,21,22). The lowest BCUT2D eigenvalue weighted by molar-refractivity contribution is 0.0697. The van der Waals surface area contributed by atoms with Gasteiger partial charge in [-0.2, -0.15) is 0 Å². The summed E-state index contributed by atoms with van der Waals surface area (Å²) in [5, 5.41) is 12.1. The minimum Gasteiger partial charge on any atom is -0.478 e. The van der Waals surface area contributed by atoms with Crippen molar-refractivity contribution < 1.29 is 14.7 Å². The number of nitrogens with one attached hydrogen (secondary N) is 2. The zero-order valence-electron chi connectivity index (χ0n) is 11.6. The lowest BCUT2D eigenvalue weighted by Gasteiger charge is -2.08. The van der Waals surface area contributed by atoms with E-state index < -0.39 is 11.5 Å². The molecule has 0 radical (unpaired) electrons. The van der Waals surface area contributed by atoms with Crippen molar-refractivity contribution in [2.45, 2.75) is 18.9 Å². The lowest BCUT2D eigenvalue weighted by Crippen LogP contribution is -2.25. The van der Waals surface area contributed by atoms with Crippen molar-refractivity contribution in [2.24, 2.45) is 0 Å². The first-order valence-electron chi connectivity index (χ1n) is 6.92. The van der Waals surface area contributed by atoms with Crippen LogP contribution in [0.2, 0.25) is 0 Å². The van der Waals surface area contributed by atoms with Crippen molar-refractivity contribution in [3.8, 4) is 11.1 Å². The number of amides is 1. The quantitative estimate of drug-likeness (QED) is 0.798. The maximum absolute atomic E-state index is 12.1. The summed E-state index contributed by atoms with van der Waals surface area (Å²) in [7, 11) is 0. The number of carboxylic acids is 1. The number of pyridine rings is 1. The summed E-state index contributed by atoms with van der Waals surface area (Å²) in [6, 6.07) is 7.97. The molecule has 1 amide bonds. The molecule has 1 aliphatic rings. The summed E-state index contributed by atoms with van der Waals surface area (Å²) < 4.78 is 0. The van der Waals surface area contributed by atoms with Crippen LogP contribution in [0.15, 0.2) is 41.3 Å². The van der Waals surface area contributed by atoms with Gasteiger partial charge in [0, 0.05) is 29.4 Å². The van der Waals surface area contributed by atoms with Gasteiger partial charge < -0.3 is 15.4 Å². The van der Waals surface area contributed by atoms with E-state index in [9.17, 15) is 19.5 Å². The van der Waals surface area contributed by atoms with Gasteiger partial charge in [0.15, 0.2) is 0 Å². The fraction of sp³-hybridized carbons (Fsp3) is 0.188. The molecule has 112 valence electrons. The third kappa shape index (κ3) is 2.90. The summed E-state index contributed by atoms with van der Waals surface area (Å²) >= 11 is 0. The molecule has 1 fully saturated rings. The fourth-order valence-electron chi connectivity index (χ4n) is 2.21. The molecule has 1 saturated carbocycles. The molecule has 1 aliphatic carbocycles. The Kier molecular flexibility index (Phi) is 3.50. The summed E-state index contributed by atoms with van der Waals surface area (Å²) in [6.07, 6.45) is 3.34. The Balaban J connectivity index is 2.00. The third-order valence-corrected chi connectivity index (χ3v) is 3.50. The number of aromatic carboxylic acids is 1. The van der Waals surface area contributed by atoms with E-state index in [1.165, 1.54) is 6.20 Å². The molecule has 1 aromatic heterocycles. The van der Waals surface area contributed by atoms with Gasteiger partial charge >= 0.3 is 5.97 Å². The van der Waals surface area contributed by atoms with Crippen molar-refractivity contribution in [3.05, 3.63) is 58.0 Å². The number of hydrogen-bond donors (Lipinski definition) is 3. The molecule has 0 atom stereocenters. The maximum Gasteiger partial charge on any atom is 0.336 e. The first kappa shape index (κ1) is 14.1. The molecule has 2 aromatic rings. The second-order valence-electron chi connectivity index (χ2n) is 5.26. The lowest BCUT2D eigenvalue weighted by atomic mass is 10.00. The van der Waals surface area contributed by atoms with Crippen molar-refractivity contribution >= 4 is 11.9 Å². The highest BCUT2D eigenvalue weighted by molar-refractivity contribution is 5.98. The number of aromatic amines is 1. The molecule has 3 N–H and O–H groups in total. The van der Waals surface area contributed by atoms with Crippen LogP contribution >= 0.6 is 0 Å². The Morgan fingerprint density at radius 1 is 1.23 bits per heavy atom. The Hall–Kier alpha value is -2.89. The van der Waals surface area contributed by atoms with E-state index in [0.29, 0.717) is 16.7 Å². The highest BCUT2D eigenvalue weighted by Crippen LogP contribution is 2.24. The van der Waals surface area contributed by atoms with Crippen molar-refractivity contribution in [2.75, 3.05) is 0 Å². The zero-order valence-corrected chi connectivity index (χ0v) is 11.6. The molecular weight excluding hydrogens is 284 g/mol. The SMILES string of the molecule is O=C(NC1CC1)c1cccc(-c2c[nH]c(=O)cc2C(=O)O)c1. The molecule has 0 unspecified atom stereocenters. The van der Waals surface area contributed by atoms with Crippen LogP contribution in [0.3, 0.4) is 0 Å². The van der Waals surface area contributed by atoms with E-state index >= 15 is 0 Å². The molecule has 0 aliphatic heterocycles. The maximum atomic E-state index is 12.1. The average Bonchev–Trinajstić information content (AvgIpc) is 3.31.